The van der Waals surface area contributed by atoms with Crippen LogP contribution in [0.1, 0.15) is 51.0 Å². The maximum Gasteiger partial charge on any atom is 0.223 e. The third kappa shape index (κ3) is 6.66. The van der Waals surface area contributed by atoms with Gasteiger partial charge in [0.25, 0.3) is 0 Å². The Morgan fingerprint density at radius 1 is 1.28 bits per heavy atom. The number of nitrogens with zero attached hydrogens (tertiary/aromatic N) is 5. The van der Waals surface area contributed by atoms with E-state index < -0.39 is 0 Å². The van der Waals surface area contributed by atoms with Gasteiger partial charge < -0.3 is 19.4 Å². The maximum atomic E-state index is 12.5. The van der Waals surface area contributed by atoms with E-state index in [0.717, 1.165) is 11.5 Å². The lowest BCUT2D eigenvalue weighted by atomic mass is 9.92. The summed E-state index contributed by atoms with van der Waals surface area (Å²) in [7, 11) is 7.27. The van der Waals surface area contributed by atoms with E-state index >= 15 is 0 Å². The Kier molecular flexibility index (Phi) is 7.57. The molecule has 8 heteroatoms. The van der Waals surface area contributed by atoms with Gasteiger partial charge in [-0.15, -0.1) is 0 Å². The highest BCUT2D eigenvalue weighted by molar-refractivity contribution is 5.79. The molecule has 8 nitrogen and oxygen atoms in total. The van der Waals surface area contributed by atoms with Crippen molar-refractivity contribution in [1.82, 2.24) is 19.8 Å². The molecule has 1 atom stereocenters. The number of anilines is 1. The molecule has 1 aliphatic heterocycles. The second-order valence-corrected chi connectivity index (χ2v) is 9.18. The number of hydrogen-bond acceptors (Lipinski definition) is 6. The topological polar surface area (TPSA) is 78.9 Å². The van der Waals surface area contributed by atoms with Crippen molar-refractivity contribution in [3.63, 3.8) is 0 Å². The van der Waals surface area contributed by atoms with Crippen molar-refractivity contribution >= 4 is 17.6 Å². The molecule has 162 valence electrons. The van der Waals surface area contributed by atoms with Crippen molar-refractivity contribution in [2.75, 3.05) is 52.8 Å². The normalized spacial score (nSPS) is 17.0. The van der Waals surface area contributed by atoms with Crippen molar-refractivity contribution in [3.8, 4) is 0 Å². The fraction of sp³-hybridized carbons (Fsp3) is 0.714. The molecule has 1 aromatic heterocycles. The predicted octanol–water partition coefficient (Wildman–Crippen LogP) is 1.90. The van der Waals surface area contributed by atoms with Gasteiger partial charge in [-0.2, -0.15) is 0 Å². The van der Waals surface area contributed by atoms with Crippen LogP contribution in [0.25, 0.3) is 0 Å². The monoisotopic (exact) mass is 405 g/mol. The average Bonchev–Trinajstić information content (AvgIpc) is 2.99. The zero-order chi connectivity index (χ0) is 21.8. The second kappa shape index (κ2) is 9.52. The molecular weight excluding hydrogens is 370 g/mol. The van der Waals surface area contributed by atoms with Crippen LogP contribution >= 0.6 is 0 Å². The van der Waals surface area contributed by atoms with E-state index in [0.29, 0.717) is 44.9 Å². The Hall–Kier alpha value is -2.22. The number of carbonyl (C=O) groups is 2. The minimum Gasteiger partial charge on any atom is -0.383 e. The molecule has 2 rings (SSSR count). The fourth-order valence-corrected chi connectivity index (χ4v) is 3.29. The summed E-state index contributed by atoms with van der Waals surface area (Å²) in [6.07, 6.45) is 0.904. The van der Waals surface area contributed by atoms with Crippen molar-refractivity contribution in [3.05, 3.63) is 17.6 Å². The lowest BCUT2D eigenvalue weighted by molar-refractivity contribution is -0.132. The SMILES string of the molecule is COCCN1CC(c2cc(N(C)C)nc(CN(C)C(=O)CC(C)(C)C)n2)CC1=O. The molecule has 0 N–H and O–H groups in total. The lowest BCUT2D eigenvalue weighted by Crippen LogP contribution is -2.31. The number of rotatable bonds is 8. The van der Waals surface area contributed by atoms with Gasteiger partial charge in [0.2, 0.25) is 11.8 Å². The predicted molar refractivity (Wildman–Crippen MR) is 113 cm³/mol. The summed E-state index contributed by atoms with van der Waals surface area (Å²) in [6, 6.07) is 1.94. The fourth-order valence-electron chi connectivity index (χ4n) is 3.29. The molecular formula is C21H35N5O3. The van der Waals surface area contributed by atoms with Crippen molar-refractivity contribution in [1.29, 1.82) is 0 Å². The summed E-state index contributed by atoms with van der Waals surface area (Å²) < 4.78 is 5.10. The number of hydrogen-bond donors (Lipinski definition) is 0. The van der Waals surface area contributed by atoms with E-state index in [4.69, 9.17) is 9.72 Å². The van der Waals surface area contributed by atoms with Crippen molar-refractivity contribution in [2.45, 2.75) is 46.1 Å². The summed E-state index contributed by atoms with van der Waals surface area (Å²) >= 11 is 0. The molecule has 2 heterocycles. The molecule has 0 aromatic carbocycles. The number of methoxy groups -OCH3 is 1. The van der Waals surface area contributed by atoms with Crippen LogP contribution in [0.2, 0.25) is 0 Å². The smallest absolute Gasteiger partial charge is 0.223 e. The third-order valence-corrected chi connectivity index (χ3v) is 4.92. The largest absolute Gasteiger partial charge is 0.383 e. The van der Waals surface area contributed by atoms with Gasteiger partial charge in [0, 0.05) is 66.2 Å². The number of ether oxygens (including phenoxy) is 1. The highest BCUT2D eigenvalue weighted by Gasteiger charge is 2.32. The van der Waals surface area contributed by atoms with Gasteiger partial charge in [-0.1, -0.05) is 20.8 Å². The molecule has 1 aromatic rings. The number of carbonyl (C=O) groups excluding carboxylic acids is 2. The summed E-state index contributed by atoms with van der Waals surface area (Å²) in [5.74, 6) is 1.59. The minimum absolute atomic E-state index is 0.0235. The van der Waals surface area contributed by atoms with Crippen LogP contribution in [0.5, 0.6) is 0 Å². The molecule has 0 aliphatic carbocycles. The molecule has 0 radical (unpaired) electrons. The second-order valence-electron chi connectivity index (χ2n) is 9.18. The Morgan fingerprint density at radius 3 is 2.55 bits per heavy atom. The van der Waals surface area contributed by atoms with Gasteiger partial charge in [0.05, 0.1) is 18.8 Å². The van der Waals surface area contributed by atoms with Crippen LogP contribution in [0, 0.1) is 5.41 Å². The molecule has 1 saturated heterocycles. The summed E-state index contributed by atoms with van der Waals surface area (Å²) in [4.78, 5) is 39.6. The highest BCUT2D eigenvalue weighted by Crippen LogP contribution is 2.29. The Labute approximate surface area is 174 Å². The minimum atomic E-state index is -0.0707. The van der Waals surface area contributed by atoms with Gasteiger partial charge in [-0.3, -0.25) is 9.59 Å². The van der Waals surface area contributed by atoms with Crippen molar-refractivity contribution in [2.24, 2.45) is 5.41 Å². The molecule has 29 heavy (non-hydrogen) atoms. The van der Waals surface area contributed by atoms with E-state index in [1.807, 2.05) is 50.7 Å². The zero-order valence-electron chi connectivity index (χ0n) is 18.9. The Balaban J connectivity index is 2.19. The first kappa shape index (κ1) is 23.1. The first-order valence-electron chi connectivity index (χ1n) is 10.1. The van der Waals surface area contributed by atoms with Crippen molar-refractivity contribution < 1.29 is 14.3 Å². The highest BCUT2D eigenvalue weighted by atomic mass is 16.5. The average molecular weight is 406 g/mol. The third-order valence-electron chi connectivity index (χ3n) is 4.92. The molecule has 1 fully saturated rings. The molecule has 2 amide bonds. The van der Waals surface area contributed by atoms with Crippen LogP contribution in [0.3, 0.4) is 0 Å². The molecule has 0 saturated carbocycles. The standard InChI is InChI=1S/C21H35N5O3/c1-21(2,3)12-20(28)25(6)14-17-22-16(11-18(23-17)24(4)5)15-10-19(27)26(13-15)8-9-29-7/h11,15H,8-10,12-14H2,1-7H3. The summed E-state index contributed by atoms with van der Waals surface area (Å²) in [6.45, 7) is 8.23. The van der Waals surface area contributed by atoms with E-state index in [1.54, 1.807) is 19.1 Å². The molecule has 0 bridgehead atoms. The van der Waals surface area contributed by atoms with Crippen LogP contribution in [0.4, 0.5) is 5.82 Å². The van der Waals surface area contributed by atoms with E-state index in [-0.39, 0.29) is 23.1 Å². The van der Waals surface area contributed by atoms with Gasteiger partial charge >= 0.3 is 0 Å². The maximum absolute atomic E-state index is 12.5. The first-order valence-corrected chi connectivity index (χ1v) is 10.1. The Bertz CT molecular complexity index is 730. The van der Waals surface area contributed by atoms with Gasteiger partial charge in [0.15, 0.2) is 0 Å². The van der Waals surface area contributed by atoms with Gasteiger partial charge in [-0.25, -0.2) is 9.97 Å². The van der Waals surface area contributed by atoms with Gasteiger partial charge in [-0.05, 0) is 5.41 Å². The molecule has 0 spiro atoms. The van der Waals surface area contributed by atoms with Crippen LogP contribution in [-0.4, -0.2) is 79.5 Å². The van der Waals surface area contributed by atoms with E-state index in [2.05, 4.69) is 4.98 Å². The molecule has 1 unspecified atom stereocenters. The zero-order valence-corrected chi connectivity index (χ0v) is 18.9. The quantitative estimate of drug-likeness (QED) is 0.657. The number of aromatic nitrogens is 2. The summed E-state index contributed by atoms with van der Waals surface area (Å²) in [5.41, 5.74) is 0.780. The van der Waals surface area contributed by atoms with Crippen LogP contribution in [0.15, 0.2) is 6.07 Å². The Morgan fingerprint density at radius 2 is 1.97 bits per heavy atom. The van der Waals surface area contributed by atoms with Crippen LogP contribution < -0.4 is 4.90 Å². The number of amides is 2. The lowest BCUT2D eigenvalue weighted by Gasteiger charge is -2.24. The van der Waals surface area contributed by atoms with E-state index in [9.17, 15) is 9.59 Å². The van der Waals surface area contributed by atoms with Gasteiger partial charge in [0.1, 0.15) is 11.6 Å². The first-order chi connectivity index (χ1) is 13.5. The number of likely N-dealkylation sites (tertiary alicyclic amines) is 1. The van der Waals surface area contributed by atoms with Crippen LogP contribution in [-0.2, 0) is 20.9 Å². The summed E-state index contributed by atoms with van der Waals surface area (Å²) in [5, 5.41) is 0. The van der Waals surface area contributed by atoms with E-state index in [1.165, 1.54) is 0 Å². The molecule has 1 aliphatic rings.